The second-order valence-corrected chi connectivity index (χ2v) is 5.29. The lowest BCUT2D eigenvalue weighted by atomic mass is 10.4. The summed E-state index contributed by atoms with van der Waals surface area (Å²) in [5.74, 6) is 2.00. The van der Waals surface area contributed by atoms with E-state index in [4.69, 9.17) is 10.2 Å². The largest absolute Gasteiger partial charge is 0.408 e. The van der Waals surface area contributed by atoms with Crippen LogP contribution < -0.4 is 11.1 Å². The average Bonchev–Trinajstić information content (AvgIpc) is 3.00. The summed E-state index contributed by atoms with van der Waals surface area (Å²) in [5, 5.41) is 10.2. The van der Waals surface area contributed by atoms with Gasteiger partial charge < -0.3 is 10.2 Å². The molecule has 3 N–H and O–H groups in total. The molecule has 0 radical (unpaired) electrons. The van der Waals surface area contributed by atoms with Crippen LogP contribution in [0.2, 0.25) is 0 Å². The summed E-state index contributed by atoms with van der Waals surface area (Å²) in [6.45, 7) is 1.91. The zero-order valence-corrected chi connectivity index (χ0v) is 10.5. The lowest BCUT2D eigenvalue weighted by Gasteiger charge is -2.03. The lowest BCUT2D eigenvalue weighted by molar-refractivity contribution is -0.113. The fourth-order valence-corrected chi connectivity index (χ4v) is 2.02. The highest BCUT2D eigenvalue weighted by molar-refractivity contribution is 8.00. The van der Waals surface area contributed by atoms with E-state index in [1.54, 1.807) is 0 Å². The number of nitrogens with one attached hydrogen (secondary N) is 1. The van der Waals surface area contributed by atoms with Gasteiger partial charge in [0.1, 0.15) is 0 Å². The molecule has 1 amide bonds. The van der Waals surface area contributed by atoms with E-state index in [2.05, 4.69) is 15.5 Å². The summed E-state index contributed by atoms with van der Waals surface area (Å²) in [6, 6.07) is 0.288. The summed E-state index contributed by atoms with van der Waals surface area (Å²) >= 11 is 1.49. The number of anilines is 1. The van der Waals surface area contributed by atoms with E-state index >= 15 is 0 Å². The summed E-state index contributed by atoms with van der Waals surface area (Å²) in [4.78, 5) is 11.5. The van der Waals surface area contributed by atoms with Crippen LogP contribution in [-0.2, 0) is 4.79 Å². The molecule has 1 fully saturated rings. The van der Waals surface area contributed by atoms with Crippen LogP contribution in [0.3, 0.4) is 0 Å². The van der Waals surface area contributed by atoms with Crippen molar-refractivity contribution in [2.75, 3.05) is 16.8 Å². The Balaban J connectivity index is 1.73. The molecule has 1 atom stereocenters. The first-order chi connectivity index (χ1) is 8.15. The summed E-state index contributed by atoms with van der Waals surface area (Å²) in [6.07, 6.45) is 2.19. The van der Waals surface area contributed by atoms with Gasteiger partial charge in [-0.3, -0.25) is 10.1 Å². The minimum Gasteiger partial charge on any atom is -0.408 e. The molecule has 6 nitrogen and oxygen atoms in total. The van der Waals surface area contributed by atoms with E-state index in [1.807, 2.05) is 6.92 Å². The molecule has 94 valence electrons. The van der Waals surface area contributed by atoms with E-state index in [-0.39, 0.29) is 18.0 Å². The predicted molar refractivity (Wildman–Crippen MR) is 65.9 cm³/mol. The Morgan fingerprint density at radius 3 is 3.06 bits per heavy atom. The van der Waals surface area contributed by atoms with Crippen molar-refractivity contribution in [2.24, 2.45) is 5.73 Å². The van der Waals surface area contributed by atoms with Crippen molar-refractivity contribution in [3.05, 3.63) is 5.89 Å². The number of nitrogens with two attached hydrogens (primary N) is 1. The Hall–Kier alpha value is -1.08. The monoisotopic (exact) mass is 256 g/mol. The van der Waals surface area contributed by atoms with Gasteiger partial charge in [0.05, 0.1) is 5.75 Å². The maximum Gasteiger partial charge on any atom is 0.322 e. The topological polar surface area (TPSA) is 94.0 Å². The van der Waals surface area contributed by atoms with Gasteiger partial charge in [-0.1, -0.05) is 5.10 Å². The molecule has 1 aliphatic rings. The van der Waals surface area contributed by atoms with E-state index < -0.39 is 0 Å². The van der Waals surface area contributed by atoms with Gasteiger partial charge in [-0.25, -0.2) is 0 Å². The molecule has 7 heteroatoms. The normalized spacial score (nSPS) is 16.8. The number of hydrogen-bond acceptors (Lipinski definition) is 6. The van der Waals surface area contributed by atoms with Crippen molar-refractivity contribution in [1.82, 2.24) is 10.2 Å². The molecule has 1 unspecified atom stereocenters. The van der Waals surface area contributed by atoms with Gasteiger partial charge in [0.15, 0.2) is 0 Å². The minimum absolute atomic E-state index is 0.0951. The molecular formula is C10H16N4O2S. The van der Waals surface area contributed by atoms with Gasteiger partial charge in [-0.15, -0.1) is 5.10 Å². The third kappa shape index (κ3) is 4.01. The van der Waals surface area contributed by atoms with Gasteiger partial charge in [0.25, 0.3) is 0 Å². The van der Waals surface area contributed by atoms with Crippen molar-refractivity contribution in [2.45, 2.75) is 31.7 Å². The zero-order chi connectivity index (χ0) is 12.3. The molecule has 17 heavy (non-hydrogen) atoms. The van der Waals surface area contributed by atoms with E-state index in [0.717, 1.165) is 18.6 Å². The molecule has 1 aliphatic carbocycles. The Morgan fingerprint density at radius 1 is 1.65 bits per heavy atom. The first-order valence-electron chi connectivity index (χ1n) is 5.61. The van der Waals surface area contributed by atoms with Crippen LogP contribution in [0.4, 0.5) is 6.01 Å². The zero-order valence-electron chi connectivity index (χ0n) is 9.68. The maximum absolute atomic E-state index is 11.5. The van der Waals surface area contributed by atoms with Crippen molar-refractivity contribution in [3.63, 3.8) is 0 Å². The minimum atomic E-state index is -0.137. The summed E-state index contributed by atoms with van der Waals surface area (Å²) in [7, 11) is 0. The van der Waals surface area contributed by atoms with Crippen molar-refractivity contribution in [3.8, 4) is 0 Å². The Bertz CT molecular complexity index is 389. The first kappa shape index (κ1) is 12.4. The molecule has 0 spiro atoms. The number of nitrogens with zero attached hydrogens (tertiary/aromatic N) is 2. The lowest BCUT2D eigenvalue weighted by Crippen LogP contribution is -2.20. The highest BCUT2D eigenvalue weighted by Crippen LogP contribution is 2.39. The molecule has 0 saturated heterocycles. The number of aromatic nitrogens is 2. The number of hydrogen-bond donors (Lipinski definition) is 2. The van der Waals surface area contributed by atoms with Crippen LogP contribution in [0.15, 0.2) is 4.42 Å². The molecule has 1 saturated carbocycles. The molecular weight excluding hydrogens is 240 g/mol. The Labute approximate surface area is 104 Å². The number of carbonyl (C=O) groups is 1. The smallest absolute Gasteiger partial charge is 0.322 e. The first-order valence-corrected chi connectivity index (χ1v) is 6.77. The molecule has 0 aromatic carbocycles. The van der Waals surface area contributed by atoms with Crippen LogP contribution in [-0.4, -0.2) is 33.7 Å². The summed E-state index contributed by atoms with van der Waals surface area (Å²) < 4.78 is 5.32. The fourth-order valence-electron chi connectivity index (χ4n) is 1.27. The van der Waals surface area contributed by atoms with Crippen LogP contribution in [0.1, 0.15) is 31.6 Å². The highest BCUT2D eigenvalue weighted by Gasteiger charge is 2.29. The standard InChI is InChI=1S/C10H16N4O2S/c1-6(11)4-17-5-8(15)12-10-14-13-9(16-10)7-2-3-7/h6-7H,2-5,11H2,1H3,(H,12,14,15). The van der Waals surface area contributed by atoms with Crippen molar-refractivity contribution >= 4 is 23.7 Å². The van der Waals surface area contributed by atoms with E-state index in [1.165, 1.54) is 11.8 Å². The third-order valence-corrected chi connectivity index (χ3v) is 3.46. The van der Waals surface area contributed by atoms with Crippen LogP contribution in [0, 0.1) is 0 Å². The van der Waals surface area contributed by atoms with E-state index in [9.17, 15) is 4.79 Å². The Morgan fingerprint density at radius 2 is 2.41 bits per heavy atom. The van der Waals surface area contributed by atoms with E-state index in [0.29, 0.717) is 17.6 Å². The molecule has 1 aromatic rings. The number of amides is 1. The van der Waals surface area contributed by atoms with Gasteiger partial charge in [-0.05, 0) is 19.8 Å². The third-order valence-electron chi connectivity index (χ3n) is 2.23. The average molecular weight is 256 g/mol. The second kappa shape index (κ2) is 5.50. The highest BCUT2D eigenvalue weighted by atomic mass is 32.2. The maximum atomic E-state index is 11.5. The number of thioether (sulfide) groups is 1. The number of rotatable bonds is 6. The van der Waals surface area contributed by atoms with Gasteiger partial charge in [0.2, 0.25) is 11.8 Å². The van der Waals surface area contributed by atoms with Crippen LogP contribution in [0.5, 0.6) is 0 Å². The molecule has 1 heterocycles. The number of carbonyl (C=O) groups excluding carboxylic acids is 1. The van der Waals surface area contributed by atoms with Crippen molar-refractivity contribution in [1.29, 1.82) is 0 Å². The van der Waals surface area contributed by atoms with Gasteiger partial charge in [0, 0.05) is 17.7 Å². The van der Waals surface area contributed by atoms with Gasteiger partial charge >= 0.3 is 6.01 Å². The predicted octanol–water partition coefficient (Wildman–Crippen LogP) is 0.966. The fraction of sp³-hybridized carbons (Fsp3) is 0.700. The molecule has 2 rings (SSSR count). The molecule has 0 bridgehead atoms. The quantitative estimate of drug-likeness (QED) is 0.787. The second-order valence-electron chi connectivity index (χ2n) is 4.26. The van der Waals surface area contributed by atoms with Crippen LogP contribution >= 0.6 is 11.8 Å². The summed E-state index contributed by atoms with van der Waals surface area (Å²) in [5.41, 5.74) is 5.58. The van der Waals surface area contributed by atoms with Gasteiger partial charge in [-0.2, -0.15) is 11.8 Å². The molecule has 1 aromatic heterocycles. The molecule has 0 aliphatic heterocycles. The SMILES string of the molecule is CC(N)CSCC(=O)Nc1nnc(C2CC2)o1. The Kier molecular flexibility index (Phi) is 4.01. The van der Waals surface area contributed by atoms with Crippen molar-refractivity contribution < 1.29 is 9.21 Å². The van der Waals surface area contributed by atoms with Crippen LogP contribution in [0.25, 0.3) is 0 Å².